The minimum Gasteiger partial charge on any atom is -0.493 e. The van der Waals surface area contributed by atoms with Gasteiger partial charge < -0.3 is 18.9 Å². The molecule has 0 fully saturated rings. The smallest absolute Gasteiger partial charge is 0.284 e. The summed E-state index contributed by atoms with van der Waals surface area (Å²) >= 11 is 0. The van der Waals surface area contributed by atoms with Crippen molar-refractivity contribution < 1.29 is 38.4 Å². The van der Waals surface area contributed by atoms with Gasteiger partial charge in [0, 0.05) is 25.0 Å². The Kier molecular flexibility index (Phi) is 8.87. The van der Waals surface area contributed by atoms with E-state index in [-0.39, 0.29) is 59.8 Å². The Morgan fingerprint density at radius 1 is 0.647 bits per heavy atom. The third-order valence-corrected chi connectivity index (χ3v) is 5.06. The van der Waals surface area contributed by atoms with Gasteiger partial charge in [0.05, 0.1) is 61.5 Å². The van der Waals surface area contributed by atoms with Gasteiger partial charge in [-0.3, -0.25) is 29.8 Å². The summed E-state index contributed by atoms with van der Waals surface area (Å²) in [5.74, 6) is -0.421. The number of benzene rings is 2. The van der Waals surface area contributed by atoms with Crippen molar-refractivity contribution in [3.05, 3.63) is 55.6 Å². The lowest BCUT2D eigenvalue weighted by molar-refractivity contribution is -0.385. The number of hydrogen-bond acceptors (Lipinski definition) is 10. The number of Topliss-reactive ketones (excluding diaryl/α,β-unsaturated/α-hetero) is 2. The zero-order valence-electron chi connectivity index (χ0n) is 19.1. The summed E-state index contributed by atoms with van der Waals surface area (Å²) in [6, 6.07) is 4.73. The maximum atomic E-state index is 12.6. The van der Waals surface area contributed by atoms with Crippen LogP contribution in [0.25, 0.3) is 0 Å². The van der Waals surface area contributed by atoms with Gasteiger partial charge in [-0.1, -0.05) is 0 Å². The van der Waals surface area contributed by atoms with Crippen molar-refractivity contribution in [2.75, 3.05) is 28.4 Å². The molecule has 34 heavy (non-hydrogen) atoms. The van der Waals surface area contributed by atoms with Gasteiger partial charge in [0.15, 0.2) is 34.6 Å². The van der Waals surface area contributed by atoms with Crippen molar-refractivity contribution in [2.45, 2.75) is 25.7 Å². The molecule has 0 amide bonds. The predicted octanol–water partition coefficient (Wildman–Crippen LogP) is 4.16. The standard InChI is InChI=1S/C22H24N2O10/c1-31-19-9-13(15(23(27)28)11-21(19)33-3)17(25)7-5-6-8-18(26)14-10-20(32-2)22(34-4)12-16(14)24(29)30/h9-12H,5-8H2,1-4H3. The molecule has 2 aromatic carbocycles. The largest absolute Gasteiger partial charge is 0.493 e. The lowest BCUT2D eigenvalue weighted by Gasteiger charge is -2.11. The molecule has 0 unspecified atom stereocenters. The Hall–Kier alpha value is -4.22. The molecule has 0 bridgehead atoms. The van der Waals surface area contributed by atoms with Gasteiger partial charge in [-0.2, -0.15) is 0 Å². The molecule has 0 aliphatic heterocycles. The number of nitro benzene ring substituents is 2. The quantitative estimate of drug-likeness (QED) is 0.178. The minimum atomic E-state index is -0.686. The second kappa shape index (κ2) is 11.6. The van der Waals surface area contributed by atoms with E-state index in [1.54, 1.807) is 0 Å². The van der Waals surface area contributed by atoms with E-state index >= 15 is 0 Å². The average Bonchev–Trinajstić information content (AvgIpc) is 2.84. The third kappa shape index (κ3) is 5.77. The molecule has 0 spiro atoms. The number of carbonyl (C=O) groups excluding carboxylic acids is 2. The van der Waals surface area contributed by atoms with Crippen LogP contribution in [0.2, 0.25) is 0 Å². The van der Waals surface area contributed by atoms with Crippen LogP contribution >= 0.6 is 0 Å². The molecule has 2 aromatic rings. The van der Waals surface area contributed by atoms with Crippen LogP contribution < -0.4 is 18.9 Å². The van der Waals surface area contributed by atoms with E-state index in [0.29, 0.717) is 0 Å². The monoisotopic (exact) mass is 476 g/mol. The first kappa shape index (κ1) is 26.0. The summed E-state index contributed by atoms with van der Waals surface area (Å²) in [7, 11) is 5.33. The van der Waals surface area contributed by atoms with E-state index < -0.39 is 32.8 Å². The van der Waals surface area contributed by atoms with Crippen LogP contribution in [0, 0.1) is 20.2 Å². The van der Waals surface area contributed by atoms with Gasteiger partial charge in [0.1, 0.15) is 0 Å². The van der Waals surface area contributed by atoms with Crippen molar-refractivity contribution in [3.8, 4) is 23.0 Å². The summed E-state index contributed by atoms with van der Waals surface area (Å²) in [5.41, 5.74) is -1.10. The number of ether oxygens (including phenoxy) is 4. The summed E-state index contributed by atoms with van der Waals surface area (Å²) < 4.78 is 20.3. The highest BCUT2D eigenvalue weighted by Crippen LogP contribution is 2.36. The number of carbonyl (C=O) groups is 2. The van der Waals surface area contributed by atoms with Gasteiger partial charge >= 0.3 is 0 Å². The predicted molar refractivity (Wildman–Crippen MR) is 120 cm³/mol. The second-order valence-electron chi connectivity index (χ2n) is 7.02. The first-order valence-corrected chi connectivity index (χ1v) is 10.1. The number of unbranched alkanes of at least 4 members (excludes halogenated alkanes) is 1. The van der Waals surface area contributed by atoms with Crippen LogP contribution in [0.15, 0.2) is 24.3 Å². The van der Waals surface area contributed by atoms with E-state index in [1.807, 2.05) is 0 Å². The van der Waals surface area contributed by atoms with Crippen LogP contribution in [-0.4, -0.2) is 49.9 Å². The van der Waals surface area contributed by atoms with Crippen molar-refractivity contribution in [1.82, 2.24) is 0 Å². The number of ketones is 2. The third-order valence-electron chi connectivity index (χ3n) is 5.06. The van der Waals surface area contributed by atoms with Crippen LogP contribution in [0.3, 0.4) is 0 Å². The number of methoxy groups -OCH3 is 4. The highest BCUT2D eigenvalue weighted by Gasteiger charge is 2.26. The molecule has 0 heterocycles. The summed E-state index contributed by atoms with van der Waals surface area (Å²) in [6.45, 7) is 0. The van der Waals surface area contributed by atoms with Crippen molar-refractivity contribution >= 4 is 22.9 Å². The van der Waals surface area contributed by atoms with E-state index in [1.165, 1.54) is 40.6 Å². The Morgan fingerprint density at radius 3 is 1.21 bits per heavy atom. The molecular weight excluding hydrogens is 452 g/mol. The van der Waals surface area contributed by atoms with Crippen molar-refractivity contribution in [3.63, 3.8) is 0 Å². The first-order chi connectivity index (χ1) is 16.2. The van der Waals surface area contributed by atoms with E-state index in [2.05, 4.69) is 0 Å². The maximum absolute atomic E-state index is 12.6. The molecule has 12 heteroatoms. The second-order valence-corrected chi connectivity index (χ2v) is 7.02. The number of hydrogen-bond donors (Lipinski definition) is 0. The molecule has 0 saturated carbocycles. The fourth-order valence-corrected chi connectivity index (χ4v) is 3.33. The molecule has 2 rings (SSSR count). The normalized spacial score (nSPS) is 10.4. The highest BCUT2D eigenvalue weighted by molar-refractivity contribution is 6.01. The Labute approximate surface area is 194 Å². The molecule has 0 aliphatic carbocycles. The van der Waals surface area contributed by atoms with E-state index in [4.69, 9.17) is 18.9 Å². The number of nitrogens with zero attached hydrogens (tertiary/aromatic N) is 2. The molecule has 0 radical (unpaired) electrons. The van der Waals surface area contributed by atoms with E-state index in [9.17, 15) is 29.8 Å². The van der Waals surface area contributed by atoms with Crippen molar-refractivity contribution in [2.24, 2.45) is 0 Å². The topological polar surface area (TPSA) is 157 Å². The average molecular weight is 476 g/mol. The Bertz CT molecular complexity index is 1030. The van der Waals surface area contributed by atoms with Gasteiger partial charge in [-0.25, -0.2) is 0 Å². The number of rotatable bonds is 13. The zero-order chi connectivity index (χ0) is 25.4. The van der Waals surface area contributed by atoms with Crippen molar-refractivity contribution in [1.29, 1.82) is 0 Å². The fraction of sp³-hybridized carbons (Fsp3) is 0.364. The van der Waals surface area contributed by atoms with Gasteiger partial charge in [-0.15, -0.1) is 0 Å². The molecular formula is C22H24N2O10. The summed E-state index contributed by atoms with van der Waals surface area (Å²) in [4.78, 5) is 46.7. The van der Waals surface area contributed by atoms with Crippen LogP contribution in [0.5, 0.6) is 23.0 Å². The first-order valence-electron chi connectivity index (χ1n) is 10.1. The van der Waals surface area contributed by atoms with Gasteiger partial charge in [0.2, 0.25) is 0 Å². The van der Waals surface area contributed by atoms with E-state index in [0.717, 1.165) is 12.1 Å². The van der Waals surface area contributed by atoms with Gasteiger partial charge in [0.25, 0.3) is 11.4 Å². The van der Waals surface area contributed by atoms with Crippen LogP contribution in [0.1, 0.15) is 46.4 Å². The lowest BCUT2D eigenvalue weighted by Crippen LogP contribution is -2.07. The molecule has 182 valence electrons. The summed E-state index contributed by atoms with van der Waals surface area (Å²) in [5, 5.41) is 22.8. The zero-order valence-corrected chi connectivity index (χ0v) is 19.1. The summed E-state index contributed by atoms with van der Waals surface area (Å²) in [6.07, 6.45) is 0.323. The fourth-order valence-electron chi connectivity index (χ4n) is 3.33. The Morgan fingerprint density at radius 2 is 0.941 bits per heavy atom. The minimum absolute atomic E-state index is 0.0718. The lowest BCUT2D eigenvalue weighted by atomic mass is 9.99. The highest BCUT2D eigenvalue weighted by atomic mass is 16.6. The molecule has 0 N–H and O–H groups in total. The van der Waals surface area contributed by atoms with Gasteiger partial charge in [-0.05, 0) is 12.8 Å². The molecule has 0 aromatic heterocycles. The van der Waals surface area contributed by atoms with Crippen LogP contribution in [0.4, 0.5) is 11.4 Å². The maximum Gasteiger partial charge on any atom is 0.284 e. The Balaban J connectivity index is 2.12. The number of nitro groups is 2. The molecule has 12 nitrogen and oxygen atoms in total. The molecule has 0 aliphatic rings. The molecule has 0 saturated heterocycles. The SMILES string of the molecule is COc1cc(C(=O)CCCCC(=O)c2cc(OC)c(OC)cc2[N+](=O)[O-])c([N+](=O)[O-])cc1OC. The molecule has 0 atom stereocenters. The van der Waals surface area contributed by atoms with Crippen LogP contribution in [-0.2, 0) is 0 Å².